The third-order valence-corrected chi connectivity index (χ3v) is 2.65. The lowest BCUT2D eigenvalue weighted by Gasteiger charge is -2.13. The van der Waals surface area contributed by atoms with Crippen LogP contribution in [0.15, 0.2) is 29.3 Å². The van der Waals surface area contributed by atoms with Crippen molar-refractivity contribution in [2.75, 3.05) is 0 Å². The van der Waals surface area contributed by atoms with Gasteiger partial charge < -0.3 is 4.79 Å². The van der Waals surface area contributed by atoms with E-state index in [1.807, 2.05) is 38.1 Å². The van der Waals surface area contributed by atoms with Gasteiger partial charge in [-0.05, 0) is 25.5 Å². The molecule has 13 heavy (non-hydrogen) atoms. The Bertz CT molecular complexity index is 475. The van der Waals surface area contributed by atoms with Crippen LogP contribution in [0, 0.1) is 0 Å². The number of benzene rings is 1. The molecule has 66 valence electrons. The highest BCUT2D eigenvalue weighted by atomic mass is 16.1. The fourth-order valence-electron chi connectivity index (χ4n) is 1.61. The van der Waals surface area contributed by atoms with Crippen LogP contribution in [0.1, 0.15) is 13.8 Å². The second-order valence-electron chi connectivity index (χ2n) is 3.52. The highest BCUT2D eigenvalue weighted by Crippen LogP contribution is 2.19. The summed E-state index contributed by atoms with van der Waals surface area (Å²) >= 11 is 0. The molecule has 0 bridgehead atoms. The Hall–Kier alpha value is -1.44. The van der Waals surface area contributed by atoms with Crippen molar-refractivity contribution < 1.29 is 4.79 Å². The van der Waals surface area contributed by atoms with E-state index in [1.54, 1.807) is 0 Å². The molecular weight excluding hydrogens is 162 g/mol. The number of aldehydes is 1. The summed E-state index contributed by atoms with van der Waals surface area (Å²) in [7, 11) is 0. The van der Waals surface area contributed by atoms with Crippen LogP contribution in [0.2, 0.25) is 0 Å². The van der Waals surface area contributed by atoms with Gasteiger partial charge in [0.05, 0.1) is 5.36 Å². The molecule has 2 nitrogen and oxygen atoms in total. The second kappa shape index (κ2) is 2.52. The van der Waals surface area contributed by atoms with Crippen molar-refractivity contribution in [2.45, 2.75) is 19.4 Å². The number of hydrogen-bond acceptors (Lipinski definition) is 2. The van der Waals surface area contributed by atoms with Crippen molar-refractivity contribution in [3.8, 4) is 0 Å². The molecule has 0 aromatic heterocycles. The first kappa shape index (κ1) is 8.17. The number of para-hydroxylation sites is 1. The Kier molecular flexibility index (Phi) is 1.59. The first-order valence-electron chi connectivity index (χ1n) is 4.30. The van der Waals surface area contributed by atoms with Gasteiger partial charge in [0.15, 0.2) is 6.29 Å². The standard InChI is InChI=1S/C11H11NO/c1-8-9-5-3-4-6-10(9)12-11(8,2)7-13/h3-7H,1-2H3. The predicted molar refractivity (Wildman–Crippen MR) is 50.8 cm³/mol. The average Bonchev–Trinajstić information content (AvgIpc) is 2.41. The number of hydrogen-bond donors (Lipinski definition) is 0. The topological polar surface area (TPSA) is 29.4 Å². The van der Waals surface area contributed by atoms with Crippen molar-refractivity contribution in [1.29, 1.82) is 0 Å². The van der Waals surface area contributed by atoms with Crippen LogP contribution < -0.4 is 10.6 Å². The molecule has 1 aromatic rings. The molecule has 1 aromatic carbocycles. The Morgan fingerprint density at radius 3 is 2.69 bits per heavy atom. The van der Waals surface area contributed by atoms with E-state index in [9.17, 15) is 4.79 Å². The number of carbonyl (C=O) groups is 1. The summed E-state index contributed by atoms with van der Waals surface area (Å²) in [5.74, 6) is 0. The van der Waals surface area contributed by atoms with Crippen LogP contribution in [-0.4, -0.2) is 11.8 Å². The number of fused-ring (bicyclic) bond motifs is 1. The van der Waals surface area contributed by atoms with E-state index in [2.05, 4.69) is 4.99 Å². The molecular formula is C11H11NO. The van der Waals surface area contributed by atoms with Gasteiger partial charge in [0.25, 0.3) is 0 Å². The third-order valence-electron chi connectivity index (χ3n) is 2.65. The summed E-state index contributed by atoms with van der Waals surface area (Å²) in [5.41, 5.74) is 0.405. The van der Waals surface area contributed by atoms with E-state index < -0.39 is 5.54 Å². The zero-order valence-corrected chi connectivity index (χ0v) is 7.74. The molecule has 0 saturated heterocycles. The number of rotatable bonds is 1. The third kappa shape index (κ3) is 1.02. The van der Waals surface area contributed by atoms with Gasteiger partial charge in [0, 0.05) is 5.22 Å². The molecule has 0 spiro atoms. The molecule has 0 amide bonds. The lowest BCUT2D eigenvalue weighted by atomic mass is 9.96. The van der Waals surface area contributed by atoms with Gasteiger partial charge in [-0.1, -0.05) is 18.2 Å². The maximum Gasteiger partial charge on any atom is 0.151 e. The highest BCUT2D eigenvalue weighted by molar-refractivity contribution is 5.82. The zero-order valence-electron chi connectivity index (χ0n) is 7.74. The molecule has 0 N–H and O–H groups in total. The van der Waals surface area contributed by atoms with E-state index in [0.29, 0.717) is 0 Å². The lowest BCUT2D eigenvalue weighted by Crippen LogP contribution is -2.24. The molecule has 1 aliphatic heterocycles. The van der Waals surface area contributed by atoms with Crippen LogP contribution >= 0.6 is 0 Å². The summed E-state index contributed by atoms with van der Waals surface area (Å²) in [6.07, 6.45) is 0.905. The maximum absolute atomic E-state index is 10.9. The minimum Gasteiger partial charge on any atom is -0.300 e. The van der Waals surface area contributed by atoms with Crippen LogP contribution in [0.25, 0.3) is 5.57 Å². The van der Waals surface area contributed by atoms with E-state index in [0.717, 1.165) is 22.4 Å². The van der Waals surface area contributed by atoms with Crippen molar-refractivity contribution in [2.24, 2.45) is 4.99 Å². The maximum atomic E-state index is 10.9. The Balaban J connectivity index is 2.86. The van der Waals surface area contributed by atoms with Gasteiger partial charge in [-0.25, -0.2) is 0 Å². The molecule has 0 radical (unpaired) electrons. The zero-order chi connectivity index (χ0) is 9.47. The Morgan fingerprint density at radius 2 is 2.08 bits per heavy atom. The lowest BCUT2D eigenvalue weighted by molar-refractivity contribution is -0.110. The van der Waals surface area contributed by atoms with Crippen LogP contribution in [-0.2, 0) is 4.79 Å². The molecule has 1 heterocycles. The summed E-state index contributed by atoms with van der Waals surface area (Å²) in [6, 6.07) is 7.84. The molecule has 1 atom stereocenters. The minimum atomic E-state index is -0.635. The van der Waals surface area contributed by atoms with Gasteiger partial charge in [-0.2, -0.15) is 0 Å². The van der Waals surface area contributed by atoms with Crippen molar-refractivity contribution >= 4 is 11.9 Å². The number of carbonyl (C=O) groups excluding carboxylic acids is 1. The van der Waals surface area contributed by atoms with Crippen LogP contribution in [0.3, 0.4) is 0 Å². The minimum absolute atomic E-state index is 0.635. The van der Waals surface area contributed by atoms with Gasteiger partial charge in [0.2, 0.25) is 0 Å². The molecule has 1 aliphatic rings. The summed E-state index contributed by atoms with van der Waals surface area (Å²) in [6.45, 7) is 3.80. The summed E-state index contributed by atoms with van der Waals surface area (Å²) in [5, 5.41) is 2.02. The predicted octanol–water partition coefficient (Wildman–Crippen LogP) is 0.448. The monoisotopic (exact) mass is 173 g/mol. The largest absolute Gasteiger partial charge is 0.300 e. The molecule has 0 saturated carbocycles. The molecule has 0 fully saturated rings. The van der Waals surface area contributed by atoms with Crippen molar-refractivity contribution in [3.63, 3.8) is 0 Å². The van der Waals surface area contributed by atoms with Gasteiger partial charge in [0.1, 0.15) is 5.54 Å². The molecule has 0 aliphatic carbocycles. The SMILES string of the molecule is CC1=c2ccccc2=NC1(C)C=O. The molecule has 1 unspecified atom stereocenters. The second-order valence-corrected chi connectivity index (χ2v) is 3.52. The van der Waals surface area contributed by atoms with Gasteiger partial charge in [-0.3, -0.25) is 4.99 Å². The summed E-state index contributed by atoms with van der Waals surface area (Å²) < 4.78 is 0. The fourth-order valence-corrected chi connectivity index (χ4v) is 1.61. The molecule has 2 rings (SSSR count). The van der Waals surface area contributed by atoms with Crippen molar-refractivity contribution in [1.82, 2.24) is 0 Å². The van der Waals surface area contributed by atoms with Crippen LogP contribution in [0.4, 0.5) is 0 Å². The number of nitrogens with zero attached hydrogens (tertiary/aromatic N) is 1. The average molecular weight is 173 g/mol. The highest BCUT2D eigenvalue weighted by Gasteiger charge is 2.28. The first-order chi connectivity index (χ1) is 6.17. The van der Waals surface area contributed by atoms with Gasteiger partial charge in [-0.15, -0.1) is 0 Å². The molecule has 2 heteroatoms. The van der Waals surface area contributed by atoms with Crippen LogP contribution in [0.5, 0.6) is 0 Å². The Labute approximate surface area is 76.6 Å². The van der Waals surface area contributed by atoms with E-state index >= 15 is 0 Å². The fraction of sp³-hybridized carbons (Fsp3) is 0.273. The summed E-state index contributed by atoms with van der Waals surface area (Å²) in [4.78, 5) is 15.3. The van der Waals surface area contributed by atoms with E-state index in [1.165, 1.54) is 0 Å². The Morgan fingerprint density at radius 1 is 1.38 bits per heavy atom. The normalized spacial score (nSPS) is 25.2. The van der Waals surface area contributed by atoms with Gasteiger partial charge >= 0.3 is 0 Å². The smallest absolute Gasteiger partial charge is 0.151 e. The first-order valence-corrected chi connectivity index (χ1v) is 4.30. The quantitative estimate of drug-likeness (QED) is 0.567. The van der Waals surface area contributed by atoms with E-state index in [-0.39, 0.29) is 0 Å². The van der Waals surface area contributed by atoms with E-state index in [4.69, 9.17) is 0 Å². The van der Waals surface area contributed by atoms with Crippen molar-refractivity contribution in [3.05, 3.63) is 34.8 Å².